The van der Waals surface area contributed by atoms with Gasteiger partial charge >= 0.3 is 5.97 Å². The number of carboxylic acid groups (broad SMARTS) is 1. The summed E-state index contributed by atoms with van der Waals surface area (Å²) < 4.78 is 12.9. The van der Waals surface area contributed by atoms with Gasteiger partial charge in [0.2, 0.25) is 0 Å². The predicted octanol–water partition coefficient (Wildman–Crippen LogP) is 4.62. The van der Waals surface area contributed by atoms with Crippen molar-refractivity contribution in [1.29, 1.82) is 0 Å². The van der Waals surface area contributed by atoms with E-state index in [0.717, 1.165) is 5.56 Å². The highest BCUT2D eigenvalue weighted by Gasteiger charge is 2.20. The Morgan fingerprint density at radius 3 is 2.38 bits per heavy atom. The lowest BCUT2D eigenvalue weighted by atomic mass is 9.92. The third-order valence-electron chi connectivity index (χ3n) is 3.22. The Bertz CT molecular complexity index is 641. The number of hydrogen-bond acceptors (Lipinski definition) is 1. The van der Waals surface area contributed by atoms with Gasteiger partial charge in [-0.25, -0.2) is 4.39 Å². The second kappa shape index (κ2) is 6.92. The first-order chi connectivity index (χ1) is 9.95. The first-order valence-electron chi connectivity index (χ1n) is 6.37. The molecular weight excluding hydrogens is 314 g/mol. The number of rotatable bonds is 5. The summed E-state index contributed by atoms with van der Waals surface area (Å²) in [6, 6.07) is 10.8. The Labute approximate surface area is 132 Å². The SMILES string of the molecule is O=C(O)C(Cc1ccc(F)cc1)Cc1cc(Cl)ccc1Cl. The van der Waals surface area contributed by atoms with Crippen molar-refractivity contribution in [2.45, 2.75) is 12.8 Å². The third-order valence-corrected chi connectivity index (χ3v) is 3.82. The average Bonchev–Trinajstić information content (AvgIpc) is 2.44. The van der Waals surface area contributed by atoms with Gasteiger partial charge in [-0.15, -0.1) is 0 Å². The normalized spacial score (nSPS) is 12.1. The summed E-state index contributed by atoms with van der Waals surface area (Å²) in [4.78, 5) is 11.4. The lowest BCUT2D eigenvalue weighted by Crippen LogP contribution is -2.19. The second-order valence-electron chi connectivity index (χ2n) is 4.81. The number of carboxylic acids is 1. The molecule has 0 fully saturated rings. The highest BCUT2D eigenvalue weighted by Crippen LogP contribution is 2.25. The largest absolute Gasteiger partial charge is 0.481 e. The van der Waals surface area contributed by atoms with E-state index in [9.17, 15) is 14.3 Å². The molecule has 0 saturated carbocycles. The van der Waals surface area contributed by atoms with Gasteiger partial charge in [0.25, 0.3) is 0 Å². The van der Waals surface area contributed by atoms with Gasteiger partial charge in [0.05, 0.1) is 5.92 Å². The first kappa shape index (κ1) is 15.8. The van der Waals surface area contributed by atoms with Gasteiger partial charge in [-0.1, -0.05) is 35.3 Å². The Kier molecular flexibility index (Phi) is 5.21. The van der Waals surface area contributed by atoms with Crippen LogP contribution in [0.4, 0.5) is 4.39 Å². The fourth-order valence-corrected chi connectivity index (χ4v) is 2.51. The van der Waals surface area contributed by atoms with Crippen molar-refractivity contribution < 1.29 is 14.3 Å². The Morgan fingerprint density at radius 2 is 1.76 bits per heavy atom. The van der Waals surface area contributed by atoms with Crippen molar-refractivity contribution in [2.75, 3.05) is 0 Å². The number of aliphatic carboxylic acids is 1. The smallest absolute Gasteiger partial charge is 0.307 e. The summed E-state index contributed by atoms with van der Waals surface area (Å²) in [5.74, 6) is -1.91. The molecule has 2 nitrogen and oxygen atoms in total. The van der Waals surface area contributed by atoms with E-state index in [1.54, 1.807) is 30.3 Å². The zero-order chi connectivity index (χ0) is 15.4. The van der Waals surface area contributed by atoms with Gasteiger partial charge < -0.3 is 5.11 Å². The lowest BCUT2D eigenvalue weighted by molar-refractivity contribution is -0.141. The fourth-order valence-electron chi connectivity index (χ4n) is 2.12. The van der Waals surface area contributed by atoms with E-state index in [-0.39, 0.29) is 12.2 Å². The molecule has 0 amide bonds. The third kappa shape index (κ3) is 4.45. The Balaban J connectivity index is 2.17. The van der Waals surface area contributed by atoms with E-state index in [1.807, 2.05) is 0 Å². The molecule has 21 heavy (non-hydrogen) atoms. The van der Waals surface area contributed by atoms with Gasteiger partial charge in [-0.3, -0.25) is 4.79 Å². The molecule has 0 aliphatic rings. The summed E-state index contributed by atoms with van der Waals surface area (Å²) in [6.07, 6.45) is 0.574. The van der Waals surface area contributed by atoms with Crippen molar-refractivity contribution in [1.82, 2.24) is 0 Å². The van der Waals surface area contributed by atoms with E-state index in [0.29, 0.717) is 22.0 Å². The van der Waals surface area contributed by atoms with Gasteiger partial charge in [0, 0.05) is 10.0 Å². The van der Waals surface area contributed by atoms with Crippen LogP contribution in [0.3, 0.4) is 0 Å². The Hall–Kier alpha value is -1.58. The molecule has 0 bridgehead atoms. The standard InChI is InChI=1S/C16H13Cl2FO2/c17-13-3-6-15(18)11(9-13)8-12(16(20)21)7-10-1-4-14(19)5-2-10/h1-6,9,12H,7-8H2,(H,20,21). The average molecular weight is 327 g/mol. The molecule has 0 heterocycles. The first-order valence-corrected chi connectivity index (χ1v) is 7.12. The van der Waals surface area contributed by atoms with Crippen molar-refractivity contribution in [3.63, 3.8) is 0 Å². The summed E-state index contributed by atoms with van der Waals surface area (Å²) in [5, 5.41) is 10.4. The van der Waals surface area contributed by atoms with Crippen LogP contribution in [0.25, 0.3) is 0 Å². The van der Waals surface area contributed by atoms with Gasteiger partial charge in [-0.2, -0.15) is 0 Å². The molecule has 1 N–H and O–H groups in total. The molecule has 1 atom stereocenters. The van der Waals surface area contributed by atoms with Gasteiger partial charge in [-0.05, 0) is 54.3 Å². The zero-order valence-electron chi connectivity index (χ0n) is 11.0. The topological polar surface area (TPSA) is 37.3 Å². The van der Waals surface area contributed by atoms with E-state index < -0.39 is 11.9 Å². The molecule has 2 aromatic carbocycles. The monoisotopic (exact) mass is 326 g/mol. The maximum absolute atomic E-state index is 12.9. The molecule has 2 rings (SSSR count). The molecule has 0 radical (unpaired) electrons. The molecule has 5 heteroatoms. The van der Waals surface area contributed by atoms with Crippen molar-refractivity contribution in [3.05, 3.63) is 69.5 Å². The molecule has 110 valence electrons. The van der Waals surface area contributed by atoms with Crippen LogP contribution >= 0.6 is 23.2 Å². The molecule has 0 aromatic heterocycles. The number of halogens is 3. The van der Waals surface area contributed by atoms with E-state index in [2.05, 4.69) is 0 Å². The minimum atomic E-state index is -0.921. The summed E-state index contributed by atoms with van der Waals surface area (Å²) in [7, 11) is 0. The predicted molar refractivity (Wildman–Crippen MR) is 81.4 cm³/mol. The minimum Gasteiger partial charge on any atom is -0.481 e. The van der Waals surface area contributed by atoms with E-state index in [4.69, 9.17) is 23.2 Å². The van der Waals surface area contributed by atoms with E-state index in [1.165, 1.54) is 12.1 Å². The molecule has 0 saturated heterocycles. The van der Waals surface area contributed by atoms with Gasteiger partial charge in [0.15, 0.2) is 0 Å². The van der Waals surface area contributed by atoms with Crippen LogP contribution in [0, 0.1) is 11.7 Å². The zero-order valence-corrected chi connectivity index (χ0v) is 12.5. The molecule has 1 unspecified atom stereocenters. The van der Waals surface area contributed by atoms with Gasteiger partial charge in [0.1, 0.15) is 5.82 Å². The molecule has 2 aromatic rings. The van der Waals surface area contributed by atoms with Crippen molar-refractivity contribution in [2.24, 2.45) is 5.92 Å². The highest BCUT2D eigenvalue weighted by atomic mass is 35.5. The summed E-state index contributed by atoms with van der Waals surface area (Å²) in [5.41, 5.74) is 1.46. The maximum Gasteiger partial charge on any atom is 0.307 e. The number of hydrogen-bond donors (Lipinski definition) is 1. The molecule has 0 aliphatic carbocycles. The van der Waals surface area contributed by atoms with Crippen LogP contribution in [-0.4, -0.2) is 11.1 Å². The van der Waals surface area contributed by atoms with Crippen LogP contribution in [-0.2, 0) is 17.6 Å². The Morgan fingerprint density at radius 1 is 1.10 bits per heavy atom. The molecule has 0 aliphatic heterocycles. The van der Waals surface area contributed by atoms with E-state index >= 15 is 0 Å². The van der Waals surface area contributed by atoms with Crippen LogP contribution < -0.4 is 0 Å². The van der Waals surface area contributed by atoms with Crippen LogP contribution in [0.2, 0.25) is 10.0 Å². The maximum atomic E-state index is 12.9. The molecule has 0 spiro atoms. The molecular formula is C16H13Cl2FO2. The summed E-state index contributed by atoms with van der Waals surface area (Å²) >= 11 is 12.0. The highest BCUT2D eigenvalue weighted by molar-refractivity contribution is 6.33. The van der Waals surface area contributed by atoms with Crippen LogP contribution in [0.15, 0.2) is 42.5 Å². The second-order valence-corrected chi connectivity index (χ2v) is 5.65. The minimum absolute atomic E-state index is 0.270. The number of benzene rings is 2. The van der Waals surface area contributed by atoms with Crippen molar-refractivity contribution >= 4 is 29.2 Å². The van der Waals surface area contributed by atoms with Crippen molar-refractivity contribution in [3.8, 4) is 0 Å². The lowest BCUT2D eigenvalue weighted by Gasteiger charge is -2.14. The van der Waals surface area contributed by atoms with Crippen LogP contribution in [0.5, 0.6) is 0 Å². The quantitative estimate of drug-likeness (QED) is 0.870. The fraction of sp³-hybridized carbons (Fsp3) is 0.188. The number of carbonyl (C=O) groups is 1. The summed E-state index contributed by atoms with van der Waals surface area (Å²) in [6.45, 7) is 0. The van der Waals surface area contributed by atoms with Crippen LogP contribution in [0.1, 0.15) is 11.1 Å².